The monoisotopic (exact) mass is 642 g/mol. The lowest BCUT2D eigenvalue weighted by molar-refractivity contribution is -0.140. The first-order valence-electron chi connectivity index (χ1n) is 13.4. The normalized spacial score (nSPS) is 12.3. The van der Waals surface area contributed by atoms with E-state index < -0.39 is 28.7 Å². The minimum absolute atomic E-state index is 0.115. The molecule has 8 nitrogen and oxygen atoms in total. The van der Waals surface area contributed by atoms with Crippen LogP contribution < -0.4 is 9.62 Å². The molecule has 3 aromatic rings. The van der Waals surface area contributed by atoms with Crippen molar-refractivity contribution in [2.24, 2.45) is 0 Å². The van der Waals surface area contributed by atoms with Crippen molar-refractivity contribution in [3.63, 3.8) is 0 Å². The molecule has 220 valence electrons. The molecule has 3 aromatic carbocycles. The number of carbonyl (C=O) groups excluding carboxylic acids is 2. The van der Waals surface area contributed by atoms with Gasteiger partial charge in [-0.1, -0.05) is 70.5 Å². The molecule has 0 spiro atoms. The Morgan fingerprint density at radius 1 is 0.902 bits per heavy atom. The number of anilines is 1. The number of nitrogens with zero attached hydrogens (tertiary/aromatic N) is 3. The van der Waals surface area contributed by atoms with Crippen LogP contribution in [0.4, 0.5) is 5.69 Å². The lowest BCUT2D eigenvalue weighted by Crippen LogP contribution is -2.55. The van der Waals surface area contributed by atoms with Gasteiger partial charge in [-0.2, -0.15) is 12.7 Å². The lowest BCUT2D eigenvalue weighted by atomic mass is 10.0. The largest absolute Gasteiger partial charge is 0.352 e. The summed E-state index contributed by atoms with van der Waals surface area (Å²) in [7, 11) is -1.18. The van der Waals surface area contributed by atoms with Crippen molar-refractivity contribution in [2.45, 2.75) is 52.7 Å². The lowest BCUT2D eigenvalue weighted by Gasteiger charge is -2.35. The molecule has 0 heterocycles. The number of nitrogens with one attached hydrogen (secondary N) is 1. The van der Waals surface area contributed by atoms with Crippen molar-refractivity contribution in [1.82, 2.24) is 14.5 Å². The molecule has 0 aliphatic heterocycles. The summed E-state index contributed by atoms with van der Waals surface area (Å²) < 4.78 is 30.2. The average Bonchev–Trinajstić information content (AvgIpc) is 2.90. The molecular weight excluding hydrogens is 604 g/mol. The van der Waals surface area contributed by atoms with Crippen LogP contribution >= 0.6 is 15.9 Å². The fourth-order valence-corrected chi connectivity index (χ4v) is 6.02. The zero-order chi connectivity index (χ0) is 30.3. The van der Waals surface area contributed by atoms with Crippen molar-refractivity contribution < 1.29 is 18.0 Å². The standard InChI is InChI=1S/C31H39BrN4O4S/c1-22(2)33-31(38)29(19-25-11-8-7-9-12-25)35(20-26-13-10-14-27(32)18-26)30(37)21-36(41(39,40)34(5)6)28-17-23(3)15-16-24(28)4/h7-18,22,29H,19-21H2,1-6H3,(H,33,38). The maximum atomic E-state index is 14.3. The smallest absolute Gasteiger partial charge is 0.304 e. The maximum absolute atomic E-state index is 14.3. The molecule has 0 radical (unpaired) electrons. The van der Waals surface area contributed by atoms with Crippen molar-refractivity contribution in [1.29, 1.82) is 0 Å². The van der Waals surface area contributed by atoms with Crippen LogP contribution in [-0.4, -0.2) is 62.2 Å². The van der Waals surface area contributed by atoms with Gasteiger partial charge in [-0.25, -0.2) is 4.31 Å². The summed E-state index contributed by atoms with van der Waals surface area (Å²) >= 11 is 3.49. The molecule has 0 saturated heterocycles. The van der Waals surface area contributed by atoms with E-state index in [-0.39, 0.29) is 24.9 Å². The average molecular weight is 644 g/mol. The van der Waals surface area contributed by atoms with E-state index in [9.17, 15) is 18.0 Å². The Balaban J connectivity index is 2.13. The second-order valence-electron chi connectivity index (χ2n) is 10.6. The van der Waals surface area contributed by atoms with Crippen molar-refractivity contribution in [3.05, 3.63) is 99.5 Å². The Morgan fingerprint density at radius 3 is 2.17 bits per heavy atom. The van der Waals surface area contributed by atoms with E-state index in [1.807, 2.05) is 94.4 Å². The molecule has 0 saturated carbocycles. The van der Waals surface area contributed by atoms with Crippen LogP contribution in [0.5, 0.6) is 0 Å². The first-order valence-corrected chi connectivity index (χ1v) is 15.6. The van der Waals surface area contributed by atoms with Crippen molar-refractivity contribution in [2.75, 3.05) is 24.9 Å². The molecule has 0 bridgehead atoms. The molecule has 0 aliphatic rings. The van der Waals surface area contributed by atoms with E-state index in [1.165, 1.54) is 19.0 Å². The Morgan fingerprint density at radius 2 is 1.56 bits per heavy atom. The van der Waals surface area contributed by atoms with Gasteiger partial charge in [0, 0.05) is 37.6 Å². The van der Waals surface area contributed by atoms with Gasteiger partial charge in [0.05, 0.1) is 5.69 Å². The van der Waals surface area contributed by atoms with Crippen LogP contribution in [0.25, 0.3) is 0 Å². The summed E-state index contributed by atoms with van der Waals surface area (Å²) in [5, 5.41) is 2.96. The van der Waals surface area contributed by atoms with Crippen LogP contribution in [0.15, 0.2) is 77.3 Å². The topological polar surface area (TPSA) is 90.0 Å². The number of carbonyl (C=O) groups is 2. The van der Waals surface area contributed by atoms with Crippen LogP contribution in [0.1, 0.15) is 36.1 Å². The van der Waals surface area contributed by atoms with Gasteiger partial charge < -0.3 is 10.2 Å². The molecule has 0 aliphatic carbocycles. The summed E-state index contributed by atoms with van der Waals surface area (Å²) in [6.45, 7) is 7.05. The van der Waals surface area contributed by atoms with Gasteiger partial charge in [0.1, 0.15) is 12.6 Å². The van der Waals surface area contributed by atoms with Crippen molar-refractivity contribution >= 4 is 43.6 Å². The number of benzene rings is 3. The quantitative estimate of drug-likeness (QED) is 0.306. The molecule has 2 amide bonds. The van der Waals surface area contributed by atoms with Gasteiger partial charge in [-0.05, 0) is 68.1 Å². The third kappa shape index (κ3) is 8.64. The van der Waals surface area contributed by atoms with E-state index >= 15 is 0 Å². The molecule has 1 atom stereocenters. The first kappa shape index (κ1) is 32.3. The molecule has 1 N–H and O–H groups in total. The number of aryl methyl sites for hydroxylation is 2. The van der Waals surface area contributed by atoms with Crippen molar-refractivity contribution in [3.8, 4) is 0 Å². The molecule has 1 unspecified atom stereocenters. The summed E-state index contributed by atoms with van der Waals surface area (Å²) in [4.78, 5) is 29.5. The predicted octanol–water partition coefficient (Wildman–Crippen LogP) is 4.84. The van der Waals surface area contributed by atoms with Gasteiger partial charge in [0.2, 0.25) is 11.8 Å². The number of hydrogen-bond acceptors (Lipinski definition) is 4. The van der Waals surface area contributed by atoms with E-state index in [1.54, 1.807) is 6.07 Å². The third-order valence-electron chi connectivity index (χ3n) is 6.60. The Kier molecular flexibility index (Phi) is 11.1. The van der Waals surface area contributed by atoms with Gasteiger partial charge in [0.25, 0.3) is 0 Å². The number of rotatable bonds is 12. The minimum atomic E-state index is -4.05. The van der Waals surface area contributed by atoms with Crippen LogP contribution in [0.3, 0.4) is 0 Å². The molecular formula is C31H39BrN4O4S. The highest BCUT2D eigenvalue weighted by Crippen LogP contribution is 2.26. The molecule has 0 fully saturated rings. The Hall–Kier alpha value is -3.21. The number of hydrogen-bond donors (Lipinski definition) is 1. The van der Waals surface area contributed by atoms with Gasteiger partial charge in [0.15, 0.2) is 0 Å². The molecule has 10 heteroatoms. The SMILES string of the molecule is Cc1ccc(C)c(N(CC(=O)N(Cc2cccc(Br)c2)C(Cc2ccccc2)C(=O)NC(C)C)S(=O)(=O)N(C)C)c1. The van der Waals surface area contributed by atoms with E-state index in [4.69, 9.17) is 0 Å². The zero-order valence-corrected chi connectivity index (χ0v) is 26.9. The second kappa shape index (κ2) is 14.1. The maximum Gasteiger partial charge on any atom is 0.304 e. The van der Waals surface area contributed by atoms with Gasteiger partial charge in [-0.3, -0.25) is 9.59 Å². The number of amides is 2. The predicted molar refractivity (Wildman–Crippen MR) is 168 cm³/mol. The first-order chi connectivity index (χ1) is 19.3. The second-order valence-corrected chi connectivity index (χ2v) is 13.6. The molecule has 0 aromatic heterocycles. The number of halogens is 1. The van der Waals surface area contributed by atoms with Gasteiger partial charge in [-0.15, -0.1) is 0 Å². The molecule has 41 heavy (non-hydrogen) atoms. The fourth-order valence-electron chi connectivity index (χ4n) is 4.46. The van der Waals surface area contributed by atoms with E-state index in [0.717, 1.165) is 29.8 Å². The highest BCUT2D eigenvalue weighted by molar-refractivity contribution is 9.10. The van der Waals surface area contributed by atoms with E-state index in [2.05, 4.69) is 21.2 Å². The van der Waals surface area contributed by atoms with E-state index in [0.29, 0.717) is 11.3 Å². The highest BCUT2D eigenvalue weighted by Gasteiger charge is 2.35. The Labute approximate surface area is 252 Å². The fraction of sp³-hybridized carbons (Fsp3) is 0.355. The summed E-state index contributed by atoms with van der Waals surface area (Å²) in [5.41, 5.74) is 3.68. The van der Waals surface area contributed by atoms with Gasteiger partial charge >= 0.3 is 10.2 Å². The minimum Gasteiger partial charge on any atom is -0.352 e. The van der Waals surface area contributed by atoms with Crippen LogP contribution in [0.2, 0.25) is 0 Å². The zero-order valence-electron chi connectivity index (χ0n) is 24.5. The summed E-state index contributed by atoms with van der Waals surface area (Å²) in [6, 6.07) is 21.5. The highest BCUT2D eigenvalue weighted by atomic mass is 79.9. The summed E-state index contributed by atoms with van der Waals surface area (Å²) in [6.07, 6.45) is 0.267. The van der Waals surface area contributed by atoms with Crippen LogP contribution in [-0.2, 0) is 32.8 Å². The Bertz CT molecular complexity index is 1460. The van der Waals surface area contributed by atoms with Crippen LogP contribution in [0, 0.1) is 13.8 Å². The molecule has 3 rings (SSSR count). The summed E-state index contributed by atoms with van der Waals surface area (Å²) in [5.74, 6) is -0.794. The third-order valence-corrected chi connectivity index (χ3v) is 8.90.